The molecule has 5 nitrogen and oxygen atoms in total. The lowest BCUT2D eigenvalue weighted by Crippen LogP contribution is -2.47. The van der Waals surface area contributed by atoms with Crippen molar-refractivity contribution in [1.82, 2.24) is 19.8 Å². The highest BCUT2D eigenvalue weighted by Crippen LogP contribution is 2.32. The molecule has 164 valence electrons. The van der Waals surface area contributed by atoms with E-state index in [1.54, 1.807) is 11.3 Å². The van der Waals surface area contributed by atoms with Crippen LogP contribution in [0, 0.1) is 13.8 Å². The summed E-state index contributed by atoms with van der Waals surface area (Å²) in [5, 5.41) is 1.02. The van der Waals surface area contributed by atoms with Crippen molar-refractivity contribution < 1.29 is 0 Å². The van der Waals surface area contributed by atoms with Crippen molar-refractivity contribution in [3.05, 3.63) is 88.1 Å². The first kappa shape index (κ1) is 21.1. The number of piperazine rings is 1. The van der Waals surface area contributed by atoms with E-state index in [0.29, 0.717) is 5.82 Å². The predicted molar refractivity (Wildman–Crippen MR) is 133 cm³/mol. The maximum Gasteiger partial charge on any atom is 0.146 e. The van der Waals surface area contributed by atoms with Gasteiger partial charge in [-0.25, -0.2) is 9.97 Å². The average molecular weight is 444 g/mol. The van der Waals surface area contributed by atoms with Gasteiger partial charge in [-0.3, -0.25) is 9.80 Å². The number of anilines is 1. The smallest absolute Gasteiger partial charge is 0.146 e. The Morgan fingerprint density at radius 2 is 1.47 bits per heavy atom. The summed E-state index contributed by atoms with van der Waals surface area (Å²) in [5.74, 6) is 1.44. The molecule has 1 saturated heterocycles. The second-order valence-electron chi connectivity index (χ2n) is 8.52. The zero-order valence-electron chi connectivity index (χ0n) is 18.7. The van der Waals surface area contributed by atoms with Gasteiger partial charge in [-0.2, -0.15) is 0 Å². The number of aromatic nitrogens is 2. The molecule has 0 amide bonds. The predicted octanol–water partition coefficient (Wildman–Crippen LogP) is 4.80. The fourth-order valence-corrected chi connectivity index (χ4v) is 5.72. The van der Waals surface area contributed by atoms with Crippen LogP contribution in [0.15, 0.2) is 60.7 Å². The second kappa shape index (κ2) is 8.98. The molecule has 4 aromatic rings. The van der Waals surface area contributed by atoms with E-state index in [1.807, 2.05) is 0 Å². The lowest BCUT2D eigenvalue weighted by molar-refractivity contribution is 0.103. The van der Waals surface area contributed by atoms with E-state index in [4.69, 9.17) is 10.7 Å². The second-order valence-corrected chi connectivity index (χ2v) is 9.73. The van der Waals surface area contributed by atoms with Gasteiger partial charge in [0.25, 0.3) is 0 Å². The van der Waals surface area contributed by atoms with Crippen LogP contribution in [-0.2, 0) is 6.54 Å². The summed E-state index contributed by atoms with van der Waals surface area (Å²) >= 11 is 1.71. The number of nitrogens with zero attached hydrogens (tertiary/aromatic N) is 4. The molecule has 0 saturated carbocycles. The van der Waals surface area contributed by atoms with Gasteiger partial charge in [0.1, 0.15) is 16.5 Å². The Kier molecular flexibility index (Phi) is 5.91. The van der Waals surface area contributed by atoms with Crippen molar-refractivity contribution >= 4 is 27.4 Å². The molecule has 0 aliphatic carbocycles. The Labute approximate surface area is 193 Å². The first-order valence-electron chi connectivity index (χ1n) is 11.2. The number of hydrogen-bond acceptors (Lipinski definition) is 6. The van der Waals surface area contributed by atoms with Crippen LogP contribution in [0.25, 0.3) is 10.2 Å². The number of fused-ring (bicyclic) bond motifs is 1. The number of rotatable bonds is 5. The van der Waals surface area contributed by atoms with E-state index in [0.717, 1.165) is 48.8 Å². The van der Waals surface area contributed by atoms with Crippen LogP contribution < -0.4 is 5.73 Å². The molecule has 2 N–H and O–H groups in total. The highest BCUT2D eigenvalue weighted by molar-refractivity contribution is 7.18. The fourth-order valence-electron chi connectivity index (χ4n) is 4.66. The Bertz CT molecular complexity index is 1160. The Hall–Kier alpha value is -2.80. The van der Waals surface area contributed by atoms with Crippen LogP contribution in [0.2, 0.25) is 0 Å². The van der Waals surface area contributed by atoms with E-state index in [9.17, 15) is 0 Å². The molecule has 0 atom stereocenters. The monoisotopic (exact) mass is 443 g/mol. The molecule has 1 fully saturated rings. The van der Waals surface area contributed by atoms with Crippen LogP contribution in [0.5, 0.6) is 0 Å². The number of benzene rings is 2. The SMILES string of the molecule is Cc1sc2nc(CN3CCN(C(c4ccccc4)c4ccccc4)CC3)nc(N)c2c1C. The summed E-state index contributed by atoms with van der Waals surface area (Å²) in [6, 6.07) is 21.9. The van der Waals surface area contributed by atoms with E-state index in [1.165, 1.54) is 21.6 Å². The molecule has 3 heterocycles. The molecule has 0 radical (unpaired) electrons. The van der Waals surface area contributed by atoms with E-state index in [2.05, 4.69) is 89.3 Å². The molecule has 32 heavy (non-hydrogen) atoms. The zero-order valence-corrected chi connectivity index (χ0v) is 19.5. The molecule has 0 spiro atoms. The summed E-state index contributed by atoms with van der Waals surface area (Å²) in [6.45, 7) is 8.94. The first-order valence-corrected chi connectivity index (χ1v) is 12.0. The normalized spacial score (nSPS) is 15.6. The third-order valence-corrected chi connectivity index (χ3v) is 7.57. The minimum absolute atomic E-state index is 0.278. The number of nitrogens with two attached hydrogens (primary N) is 1. The van der Waals surface area contributed by atoms with Crippen LogP contribution in [-0.4, -0.2) is 45.9 Å². The molecular formula is C26H29N5S. The van der Waals surface area contributed by atoms with Crippen molar-refractivity contribution in [3.8, 4) is 0 Å². The van der Waals surface area contributed by atoms with Crippen molar-refractivity contribution in [2.24, 2.45) is 0 Å². The van der Waals surface area contributed by atoms with Crippen molar-refractivity contribution in [2.45, 2.75) is 26.4 Å². The summed E-state index contributed by atoms with van der Waals surface area (Å²) < 4.78 is 0. The standard InChI is InChI=1S/C26H29N5S/c1-18-19(2)32-26-23(18)25(27)28-22(29-26)17-30-13-15-31(16-14-30)24(20-9-5-3-6-10-20)21-11-7-4-8-12-21/h3-12,24H,13-17H2,1-2H3,(H2,27,28,29). The van der Waals surface area contributed by atoms with Crippen LogP contribution in [0.1, 0.15) is 33.4 Å². The van der Waals surface area contributed by atoms with Gasteiger partial charge in [-0.15, -0.1) is 11.3 Å². The van der Waals surface area contributed by atoms with E-state index in [-0.39, 0.29) is 6.04 Å². The van der Waals surface area contributed by atoms with Crippen molar-refractivity contribution in [1.29, 1.82) is 0 Å². The third-order valence-electron chi connectivity index (χ3n) is 6.47. The molecule has 1 aliphatic heterocycles. The van der Waals surface area contributed by atoms with E-state index >= 15 is 0 Å². The van der Waals surface area contributed by atoms with Crippen molar-refractivity contribution in [2.75, 3.05) is 31.9 Å². The first-order chi connectivity index (χ1) is 15.6. The summed E-state index contributed by atoms with van der Waals surface area (Å²) in [7, 11) is 0. The van der Waals surface area contributed by atoms with Gasteiger partial charge in [0.2, 0.25) is 0 Å². The minimum atomic E-state index is 0.278. The lowest BCUT2D eigenvalue weighted by atomic mass is 9.96. The topological polar surface area (TPSA) is 58.3 Å². The van der Waals surface area contributed by atoms with Crippen LogP contribution in [0.3, 0.4) is 0 Å². The molecule has 5 rings (SSSR count). The summed E-state index contributed by atoms with van der Waals surface area (Å²) in [4.78, 5) is 16.8. The van der Waals surface area contributed by atoms with Gasteiger partial charge < -0.3 is 5.73 Å². The molecule has 1 aliphatic rings. The lowest BCUT2D eigenvalue weighted by Gasteiger charge is -2.39. The Morgan fingerprint density at radius 1 is 0.875 bits per heavy atom. The number of nitrogen functional groups attached to an aromatic ring is 1. The minimum Gasteiger partial charge on any atom is -0.383 e. The van der Waals surface area contributed by atoms with Gasteiger partial charge >= 0.3 is 0 Å². The number of hydrogen-bond donors (Lipinski definition) is 1. The van der Waals surface area contributed by atoms with Crippen LogP contribution >= 0.6 is 11.3 Å². The van der Waals surface area contributed by atoms with Gasteiger partial charge in [0, 0.05) is 31.1 Å². The molecule has 0 unspecified atom stereocenters. The Morgan fingerprint density at radius 3 is 2.06 bits per heavy atom. The largest absolute Gasteiger partial charge is 0.383 e. The highest BCUT2D eigenvalue weighted by atomic mass is 32.1. The van der Waals surface area contributed by atoms with Crippen LogP contribution in [0.4, 0.5) is 5.82 Å². The molecule has 2 aromatic heterocycles. The molecule has 6 heteroatoms. The van der Waals surface area contributed by atoms with Crippen molar-refractivity contribution in [3.63, 3.8) is 0 Å². The summed E-state index contributed by atoms with van der Waals surface area (Å²) in [6.07, 6.45) is 0. The van der Waals surface area contributed by atoms with E-state index < -0.39 is 0 Å². The molecule has 0 bridgehead atoms. The average Bonchev–Trinajstić information content (AvgIpc) is 3.10. The fraction of sp³-hybridized carbons (Fsp3) is 0.308. The molecule has 2 aromatic carbocycles. The Balaban J connectivity index is 1.31. The molecular weight excluding hydrogens is 414 g/mol. The maximum atomic E-state index is 6.30. The number of thiophene rings is 1. The summed E-state index contributed by atoms with van der Waals surface area (Å²) in [5.41, 5.74) is 10.2. The quantitative estimate of drug-likeness (QED) is 0.480. The number of aryl methyl sites for hydroxylation is 2. The van der Waals surface area contributed by atoms with Gasteiger partial charge in [-0.1, -0.05) is 60.7 Å². The van der Waals surface area contributed by atoms with Gasteiger partial charge in [0.05, 0.1) is 18.0 Å². The van der Waals surface area contributed by atoms with Gasteiger partial charge in [0.15, 0.2) is 0 Å². The zero-order chi connectivity index (χ0) is 22.1. The highest BCUT2D eigenvalue weighted by Gasteiger charge is 2.27. The van der Waals surface area contributed by atoms with Gasteiger partial charge in [-0.05, 0) is 30.5 Å². The maximum absolute atomic E-state index is 6.30. The third kappa shape index (κ3) is 4.13.